The summed E-state index contributed by atoms with van der Waals surface area (Å²) in [5, 5.41) is 3.39. The van der Waals surface area contributed by atoms with Crippen molar-refractivity contribution < 1.29 is 4.79 Å². The van der Waals surface area contributed by atoms with Crippen molar-refractivity contribution in [3.63, 3.8) is 0 Å². The topological polar surface area (TPSA) is 32.3 Å². The summed E-state index contributed by atoms with van der Waals surface area (Å²) in [4.78, 5) is 14.4. The second kappa shape index (κ2) is 6.49. The molecular weight excluding hydrogens is 272 g/mol. The molecule has 1 N–H and O–H groups in total. The summed E-state index contributed by atoms with van der Waals surface area (Å²) in [7, 11) is 1.93. The molecule has 0 bridgehead atoms. The molecule has 0 atom stereocenters. The number of carbonyl (C=O) groups excluding carboxylic acids is 1. The van der Waals surface area contributed by atoms with Gasteiger partial charge in [-0.15, -0.1) is 12.4 Å². The average molecular weight is 295 g/mol. The van der Waals surface area contributed by atoms with Crippen LogP contribution in [0.3, 0.4) is 0 Å². The fraction of sp³-hybridized carbons (Fsp3) is 0.562. The number of hydrogen-bond donors (Lipinski definition) is 1. The third-order valence-electron chi connectivity index (χ3n) is 4.24. The average Bonchev–Trinajstić information content (AvgIpc) is 3.27. The zero-order valence-electron chi connectivity index (χ0n) is 12.0. The first-order valence-electron chi connectivity index (χ1n) is 7.37. The van der Waals surface area contributed by atoms with Crippen LogP contribution in [0.5, 0.6) is 0 Å². The molecule has 0 saturated heterocycles. The first-order valence-corrected chi connectivity index (χ1v) is 7.37. The highest BCUT2D eigenvalue weighted by Crippen LogP contribution is 2.32. The maximum absolute atomic E-state index is 12.5. The molecular formula is C16H23ClN2O. The number of benzene rings is 1. The summed E-state index contributed by atoms with van der Waals surface area (Å²) >= 11 is 0. The minimum absolute atomic E-state index is 0. The molecule has 0 radical (unpaired) electrons. The monoisotopic (exact) mass is 294 g/mol. The molecule has 3 rings (SSSR count). The Balaban J connectivity index is 0.00000147. The fourth-order valence-corrected chi connectivity index (χ4v) is 2.80. The van der Waals surface area contributed by atoms with Crippen molar-refractivity contribution in [2.45, 2.75) is 32.1 Å². The highest BCUT2D eigenvalue weighted by Gasteiger charge is 2.24. The molecule has 1 fully saturated rings. The van der Waals surface area contributed by atoms with Crippen molar-refractivity contribution in [1.82, 2.24) is 4.90 Å². The fourth-order valence-electron chi connectivity index (χ4n) is 2.80. The Morgan fingerprint density at radius 2 is 2.20 bits per heavy atom. The minimum atomic E-state index is 0. The van der Waals surface area contributed by atoms with Crippen molar-refractivity contribution in [2.75, 3.05) is 25.5 Å². The van der Waals surface area contributed by atoms with E-state index < -0.39 is 0 Å². The number of hydrogen-bond acceptors (Lipinski definition) is 2. The van der Waals surface area contributed by atoms with Crippen LogP contribution in [0.25, 0.3) is 0 Å². The van der Waals surface area contributed by atoms with Gasteiger partial charge in [0.25, 0.3) is 5.91 Å². The van der Waals surface area contributed by atoms with E-state index in [0.717, 1.165) is 49.5 Å². The predicted octanol–water partition coefficient (Wildman–Crippen LogP) is 3.34. The quantitative estimate of drug-likeness (QED) is 0.924. The molecule has 1 heterocycles. The van der Waals surface area contributed by atoms with E-state index in [1.807, 2.05) is 24.1 Å². The first kappa shape index (κ1) is 15.2. The first-order chi connectivity index (χ1) is 9.25. The number of nitrogens with zero attached hydrogens (tertiary/aromatic N) is 1. The second-order valence-corrected chi connectivity index (χ2v) is 5.82. The van der Waals surface area contributed by atoms with Gasteiger partial charge in [-0.05, 0) is 42.9 Å². The Bertz CT molecular complexity index is 485. The highest BCUT2D eigenvalue weighted by atomic mass is 35.5. The molecule has 1 aromatic carbocycles. The Morgan fingerprint density at radius 3 is 2.95 bits per heavy atom. The molecule has 20 heavy (non-hydrogen) atoms. The van der Waals surface area contributed by atoms with Crippen LogP contribution in [0.15, 0.2) is 18.2 Å². The van der Waals surface area contributed by atoms with Gasteiger partial charge in [0.05, 0.1) is 0 Å². The maximum Gasteiger partial charge on any atom is 0.253 e. The van der Waals surface area contributed by atoms with Crippen LogP contribution in [0.2, 0.25) is 0 Å². The summed E-state index contributed by atoms with van der Waals surface area (Å²) in [6, 6.07) is 6.04. The molecule has 0 aromatic heterocycles. The van der Waals surface area contributed by atoms with Gasteiger partial charge in [-0.2, -0.15) is 0 Å². The van der Waals surface area contributed by atoms with E-state index in [4.69, 9.17) is 0 Å². The molecule has 1 aliphatic carbocycles. The summed E-state index contributed by atoms with van der Waals surface area (Å²) < 4.78 is 0. The van der Waals surface area contributed by atoms with Crippen molar-refractivity contribution >= 4 is 24.0 Å². The molecule has 4 heteroatoms. The molecule has 3 nitrogen and oxygen atoms in total. The molecule has 0 unspecified atom stereocenters. The standard InChI is InChI=1S/C16H22N2O.ClH/c1-18(11-9-12-7-8-12)16(19)14-4-2-6-15-13(14)5-3-10-17-15;/h2,4,6,12,17H,3,5,7-11H2,1H3;1H. The van der Waals surface area contributed by atoms with Gasteiger partial charge in [0, 0.05) is 31.4 Å². The predicted molar refractivity (Wildman–Crippen MR) is 84.8 cm³/mol. The third kappa shape index (κ3) is 3.26. The number of amides is 1. The van der Waals surface area contributed by atoms with E-state index in [-0.39, 0.29) is 18.3 Å². The lowest BCUT2D eigenvalue weighted by atomic mass is 9.97. The smallest absolute Gasteiger partial charge is 0.253 e. The number of carbonyl (C=O) groups is 1. The maximum atomic E-state index is 12.5. The second-order valence-electron chi connectivity index (χ2n) is 5.82. The van der Waals surface area contributed by atoms with Crippen LogP contribution in [-0.4, -0.2) is 30.9 Å². The van der Waals surface area contributed by atoms with E-state index in [1.54, 1.807) is 0 Å². The van der Waals surface area contributed by atoms with Gasteiger partial charge in [-0.1, -0.05) is 18.9 Å². The lowest BCUT2D eigenvalue weighted by Gasteiger charge is -2.23. The number of nitrogens with one attached hydrogen (secondary N) is 1. The Kier molecular flexibility index (Phi) is 4.92. The SMILES string of the molecule is CN(CCC1CC1)C(=O)c1cccc2c1CCCN2.Cl. The Morgan fingerprint density at radius 1 is 1.40 bits per heavy atom. The lowest BCUT2D eigenvalue weighted by molar-refractivity contribution is 0.0790. The van der Waals surface area contributed by atoms with Gasteiger partial charge < -0.3 is 10.2 Å². The van der Waals surface area contributed by atoms with E-state index in [9.17, 15) is 4.79 Å². The molecule has 1 saturated carbocycles. The van der Waals surface area contributed by atoms with Crippen LogP contribution in [0, 0.1) is 5.92 Å². The van der Waals surface area contributed by atoms with Crippen molar-refractivity contribution in [1.29, 1.82) is 0 Å². The molecule has 0 spiro atoms. The van der Waals surface area contributed by atoms with Crippen molar-refractivity contribution in [3.8, 4) is 0 Å². The summed E-state index contributed by atoms with van der Waals surface area (Å²) in [6.07, 6.45) is 6.00. The van der Waals surface area contributed by atoms with E-state index in [1.165, 1.54) is 18.4 Å². The zero-order valence-corrected chi connectivity index (χ0v) is 12.8. The van der Waals surface area contributed by atoms with Gasteiger partial charge in [-0.3, -0.25) is 4.79 Å². The van der Waals surface area contributed by atoms with Gasteiger partial charge >= 0.3 is 0 Å². The van der Waals surface area contributed by atoms with Crippen LogP contribution >= 0.6 is 12.4 Å². The van der Waals surface area contributed by atoms with Gasteiger partial charge in [0.1, 0.15) is 0 Å². The molecule has 1 aliphatic heterocycles. The number of halogens is 1. The summed E-state index contributed by atoms with van der Waals surface area (Å²) in [5.41, 5.74) is 3.24. The molecule has 110 valence electrons. The van der Waals surface area contributed by atoms with Gasteiger partial charge in [0.15, 0.2) is 0 Å². The minimum Gasteiger partial charge on any atom is -0.385 e. The van der Waals surface area contributed by atoms with Crippen LogP contribution < -0.4 is 5.32 Å². The summed E-state index contributed by atoms with van der Waals surface area (Å²) in [5.74, 6) is 1.06. The Hall–Kier alpha value is -1.22. The normalized spacial score (nSPS) is 16.6. The number of anilines is 1. The number of rotatable bonds is 4. The largest absolute Gasteiger partial charge is 0.385 e. The lowest BCUT2D eigenvalue weighted by Crippen LogP contribution is -2.29. The van der Waals surface area contributed by atoms with Crippen LogP contribution in [0.1, 0.15) is 41.6 Å². The van der Waals surface area contributed by atoms with Crippen molar-refractivity contribution in [2.24, 2.45) is 5.92 Å². The van der Waals surface area contributed by atoms with E-state index in [0.29, 0.717) is 0 Å². The highest BCUT2D eigenvalue weighted by molar-refractivity contribution is 5.97. The van der Waals surface area contributed by atoms with Crippen LogP contribution in [0.4, 0.5) is 5.69 Å². The summed E-state index contributed by atoms with van der Waals surface area (Å²) in [6.45, 7) is 1.91. The van der Waals surface area contributed by atoms with Gasteiger partial charge in [0.2, 0.25) is 0 Å². The molecule has 2 aliphatic rings. The zero-order chi connectivity index (χ0) is 13.2. The Labute approximate surface area is 127 Å². The molecule has 1 amide bonds. The third-order valence-corrected chi connectivity index (χ3v) is 4.24. The van der Waals surface area contributed by atoms with Crippen LogP contribution in [-0.2, 0) is 6.42 Å². The van der Waals surface area contributed by atoms with E-state index in [2.05, 4.69) is 11.4 Å². The van der Waals surface area contributed by atoms with Gasteiger partial charge in [-0.25, -0.2) is 0 Å². The van der Waals surface area contributed by atoms with Crippen molar-refractivity contribution in [3.05, 3.63) is 29.3 Å². The number of fused-ring (bicyclic) bond motifs is 1. The molecule has 1 aromatic rings. The van der Waals surface area contributed by atoms with E-state index >= 15 is 0 Å².